The van der Waals surface area contributed by atoms with Crippen LogP contribution in [0.2, 0.25) is 5.02 Å². The number of carboxylic acids is 1. The van der Waals surface area contributed by atoms with E-state index in [-0.39, 0.29) is 5.75 Å². The number of alkyl halides is 3. The van der Waals surface area contributed by atoms with Gasteiger partial charge >= 0.3 is 12.1 Å². The van der Waals surface area contributed by atoms with E-state index in [1.165, 1.54) is 26.0 Å². The number of ether oxygens (including phenoxy) is 1. The van der Waals surface area contributed by atoms with Gasteiger partial charge in [-0.05, 0) is 32.0 Å². The molecule has 0 fully saturated rings. The highest BCUT2D eigenvalue weighted by Crippen LogP contribution is 2.24. The average Bonchev–Trinajstić information content (AvgIpc) is 2.35. The van der Waals surface area contributed by atoms with Gasteiger partial charge in [0, 0.05) is 5.02 Å². The molecule has 5 nitrogen and oxygen atoms in total. The largest absolute Gasteiger partial charge is 0.480 e. The Kier molecular flexibility index (Phi) is 5.87. The van der Waals surface area contributed by atoms with E-state index in [2.05, 4.69) is 0 Å². The molecule has 128 valence electrons. The zero-order valence-electron chi connectivity index (χ0n) is 12.3. The lowest BCUT2D eigenvalue weighted by molar-refractivity contribution is -0.161. The number of rotatable bonds is 6. The van der Waals surface area contributed by atoms with Crippen LogP contribution in [0.4, 0.5) is 13.2 Å². The molecular formula is C14H15ClF3NO4. The Morgan fingerprint density at radius 1 is 1.35 bits per heavy atom. The molecule has 23 heavy (non-hydrogen) atoms. The topological polar surface area (TPSA) is 75.6 Å². The molecular weight excluding hydrogens is 339 g/mol. The number of hydrogen-bond acceptors (Lipinski definition) is 3. The van der Waals surface area contributed by atoms with E-state index in [0.717, 1.165) is 0 Å². The summed E-state index contributed by atoms with van der Waals surface area (Å²) in [5.74, 6) is -2.55. The first-order chi connectivity index (χ1) is 10.4. The van der Waals surface area contributed by atoms with Crippen LogP contribution in [0.25, 0.3) is 0 Å². The highest BCUT2D eigenvalue weighted by atomic mass is 35.5. The quantitative estimate of drug-likeness (QED) is 0.824. The smallest absolute Gasteiger partial charge is 0.391 e. The summed E-state index contributed by atoms with van der Waals surface area (Å²) in [6.45, 7) is 2.60. The van der Waals surface area contributed by atoms with Crippen LogP contribution in [0, 0.1) is 0 Å². The molecule has 0 spiro atoms. The number of nitrogens with one attached hydrogen (secondary N) is 1. The van der Waals surface area contributed by atoms with Crippen LogP contribution in [-0.2, 0) is 9.59 Å². The van der Waals surface area contributed by atoms with Crippen LogP contribution < -0.4 is 10.1 Å². The van der Waals surface area contributed by atoms with E-state index in [1.807, 2.05) is 5.32 Å². The Bertz CT molecular complexity index is 590. The van der Waals surface area contributed by atoms with Crippen molar-refractivity contribution >= 4 is 23.5 Å². The summed E-state index contributed by atoms with van der Waals surface area (Å²) in [6, 6.07) is 3.97. The van der Waals surface area contributed by atoms with Gasteiger partial charge in [-0.1, -0.05) is 17.7 Å². The van der Waals surface area contributed by atoms with Gasteiger partial charge in [-0.2, -0.15) is 13.2 Å². The van der Waals surface area contributed by atoms with E-state index >= 15 is 0 Å². The fourth-order valence-electron chi connectivity index (χ4n) is 1.64. The van der Waals surface area contributed by atoms with Gasteiger partial charge in [0.15, 0.2) is 5.60 Å². The lowest BCUT2D eigenvalue weighted by Crippen LogP contribution is -2.53. The number of hydrogen-bond donors (Lipinski definition) is 2. The highest BCUT2D eigenvalue weighted by Gasteiger charge is 2.39. The third kappa shape index (κ3) is 6.35. The molecule has 1 unspecified atom stereocenters. The molecule has 1 aromatic carbocycles. The van der Waals surface area contributed by atoms with Crippen LogP contribution in [-0.4, -0.2) is 34.8 Å². The SMILES string of the molecule is CC(C)(Oc1cccc(Cl)c1)C(=O)NC(CC(F)(F)F)C(=O)O. The van der Waals surface area contributed by atoms with Crippen molar-refractivity contribution in [3.63, 3.8) is 0 Å². The first-order valence-corrected chi connectivity index (χ1v) is 6.83. The zero-order valence-corrected chi connectivity index (χ0v) is 13.0. The average molecular weight is 354 g/mol. The molecule has 0 aliphatic carbocycles. The normalized spacial score (nSPS) is 13.3. The first-order valence-electron chi connectivity index (χ1n) is 6.46. The van der Waals surface area contributed by atoms with Crippen molar-refractivity contribution in [3.8, 4) is 5.75 Å². The van der Waals surface area contributed by atoms with Crippen molar-refractivity contribution < 1.29 is 32.6 Å². The van der Waals surface area contributed by atoms with Crippen molar-refractivity contribution in [2.45, 2.75) is 38.1 Å². The van der Waals surface area contributed by atoms with Gasteiger partial charge in [0.05, 0.1) is 6.42 Å². The summed E-state index contributed by atoms with van der Waals surface area (Å²) < 4.78 is 42.4. The molecule has 9 heteroatoms. The summed E-state index contributed by atoms with van der Waals surface area (Å²) in [7, 11) is 0. The minimum absolute atomic E-state index is 0.223. The third-order valence-electron chi connectivity index (χ3n) is 2.75. The molecule has 0 saturated heterocycles. The number of carbonyl (C=O) groups is 2. The Morgan fingerprint density at radius 3 is 2.43 bits per heavy atom. The molecule has 1 atom stereocenters. The Hall–Kier alpha value is -1.96. The van der Waals surface area contributed by atoms with E-state index in [1.54, 1.807) is 12.1 Å². The summed E-state index contributed by atoms with van der Waals surface area (Å²) >= 11 is 5.77. The van der Waals surface area contributed by atoms with Gasteiger partial charge in [-0.3, -0.25) is 4.79 Å². The van der Waals surface area contributed by atoms with E-state index in [4.69, 9.17) is 21.4 Å². The maximum Gasteiger partial charge on any atom is 0.391 e. The minimum Gasteiger partial charge on any atom is -0.480 e. The van der Waals surface area contributed by atoms with Gasteiger partial charge in [0.1, 0.15) is 11.8 Å². The van der Waals surface area contributed by atoms with Crippen molar-refractivity contribution in [1.29, 1.82) is 0 Å². The zero-order chi connectivity index (χ0) is 17.8. The number of carboxylic acid groups (broad SMARTS) is 1. The second-order valence-electron chi connectivity index (χ2n) is 5.25. The fraction of sp³-hybridized carbons (Fsp3) is 0.429. The molecule has 1 amide bonds. The van der Waals surface area contributed by atoms with E-state index < -0.39 is 36.1 Å². The van der Waals surface area contributed by atoms with Crippen LogP contribution in [0.1, 0.15) is 20.3 Å². The van der Waals surface area contributed by atoms with Crippen molar-refractivity contribution in [3.05, 3.63) is 29.3 Å². The second-order valence-corrected chi connectivity index (χ2v) is 5.69. The van der Waals surface area contributed by atoms with Gasteiger partial charge in [0.25, 0.3) is 5.91 Å². The summed E-state index contributed by atoms with van der Waals surface area (Å²) in [4.78, 5) is 22.9. The van der Waals surface area contributed by atoms with Crippen molar-refractivity contribution in [2.75, 3.05) is 0 Å². The monoisotopic (exact) mass is 353 g/mol. The van der Waals surface area contributed by atoms with Crippen molar-refractivity contribution in [1.82, 2.24) is 5.32 Å². The number of carbonyl (C=O) groups excluding carboxylic acids is 1. The second kappa shape index (κ2) is 7.08. The van der Waals surface area contributed by atoms with E-state index in [0.29, 0.717) is 5.02 Å². The first kappa shape index (κ1) is 19.1. The Morgan fingerprint density at radius 2 is 1.96 bits per heavy atom. The molecule has 0 aliphatic heterocycles. The maximum absolute atomic E-state index is 12.3. The van der Waals surface area contributed by atoms with Gasteiger partial charge in [-0.15, -0.1) is 0 Å². The fourth-order valence-corrected chi connectivity index (χ4v) is 1.82. The molecule has 0 aliphatic rings. The lowest BCUT2D eigenvalue weighted by atomic mass is 10.1. The van der Waals surface area contributed by atoms with Crippen molar-refractivity contribution in [2.24, 2.45) is 0 Å². The highest BCUT2D eigenvalue weighted by molar-refractivity contribution is 6.30. The molecule has 1 rings (SSSR count). The molecule has 0 bridgehead atoms. The molecule has 0 heterocycles. The Balaban J connectivity index is 2.82. The summed E-state index contributed by atoms with van der Waals surface area (Å²) in [6.07, 6.45) is -6.41. The predicted octanol–water partition coefficient (Wildman–Crippen LogP) is 3.02. The molecule has 1 aromatic rings. The lowest BCUT2D eigenvalue weighted by Gasteiger charge is -2.27. The maximum atomic E-state index is 12.3. The molecule has 0 radical (unpaired) electrons. The van der Waals surface area contributed by atoms with Gasteiger partial charge < -0.3 is 15.2 Å². The number of amides is 1. The summed E-state index contributed by atoms with van der Waals surface area (Å²) in [5.41, 5.74) is -1.59. The van der Waals surface area contributed by atoms with Gasteiger partial charge in [-0.25, -0.2) is 4.79 Å². The van der Waals surface area contributed by atoms with Crippen LogP contribution in [0.15, 0.2) is 24.3 Å². The number of halogens is 4. The van der Waals surface area contributed by atoms with Gasteiger partial charge in [0.2, 0.25) is 0 Å². The number of benzene rings is 1. The summed E-state index contributed by atoms with van der Waals surface area (Å²) in [5, 5.41) is 11.0. The minimum atomic E-state index is -4.73. The van der Waals surface area contributed by atoms with Crippen LogP contribution in [0.3, 0.4) is 0 Å². The Labute approximate surface area is 135 Å². The molecule has 0 aromatic heterocycles. The predicted molar refractivity (Wildman–Crippen MR) is 76.4 cm³/mol. The van der Waals surface area contributed by atoms with Crippen LogP contribution >= 0.6 is 11.6 Å². The standard InChI is InChI=1S/C14H15ClF3NO4/c1-13(2,23-9-5-3-4-8(15)6-9)12(22)19-10(11(20)21)7-14(16,17)18/h3-6,10H,7H2,1-2H3,(H,19,22)(H,20,21). The van der Waals surface area contributed by atoms with E-state index in [9.17, 15) is 22.8 Å². The molecule has 2 N–H and O–H groups in total. The van der Waals surface area contributed by atoms with Crippen LogP contribution in [0.5, 0.6) is 5.75 Å². The molecule has 0 saturated carbocycles. The number of aliphatic carboxylic acids is 1. The third-order valence-corrected chi connectivity index (χ3v) is 2.99.